The smallest absolute Gasteiger partial charge is 0.188 e. The molecule has 1 aromatic carbocycles. The fourth-order valence-corrected chi connectivity index (χ4v) is 2.76. The molecule has 0 aromatic heterocycles. The molecule has 1 fully saturated rings. The van der Waals surface area contributed by atoms with Crippen molar-refractivity contribution in [2.75, 3.05) is 40.5 Å². The van der Waals surface area contributed by atoms with Crippen LogP contribution in [0, 0.1) is 11.6 Å². The summed E-state index contributed by atoms with van der Waals surface area (Å²) in [5, 5.41) is 0. The van der Waals surface area contributed by atoms with Gasteiger partial charge in [-0.25, -0.2) is 8.78 Å². The summed E-state index contributed by atoms with van der Waals surface area (Å²) in [6.45, 7) is 1.74. The fourth-order valence-electron chi connectivity index (χ4n) is 2.76. The van der Waals surface area contributed by atoms with E-state index in [-0.39, 0.29) is 24.1 Å². The second-order valence-electron chi connectivity index (χ2n) is 5.48. The highest BCUT2D eigenvalue weighted by atomic mass is 19.1. The first kappa shape index (κ1) is 18.0. The van der Waals surface area contributed by atoms with E-state index in [1.54, 1.807) is 0 Å². The van der Waals surface area contributed by atoms with Gasteiger partial charge >= 0.3 is 0 Å². The standard InChI is InChI=1S/C16H22F3NO3/c1-21-16(22-2)15-13(18)8-12(9-14(15)19)23-11-4-7-20(10-11)6-3-5-17/h8-9,11,16H,3-7,10H2,1-2H3/t11-/m0/s1. The molecule has 0 saturated carbocycles. The average Bonchev–Trinajstić information content (AvgIpc) is 2.96. The zero-order chi connectivity index (χ0) is 16.8. The highest BCUT2D eigenvalue weighted by Crippen LogP contribution is 2.29. The maximum atomic E-state index is 14.1. The van der Waals surface area contributed by atoms with Gasteiger partial charge in [0.25, 0.3) is 0 Å². The molecule has 0 spiro atoms. The van der Waals surface area contributed by atoms with Gasteiger partial charge in [0.15, 0.2) is 6.29 Å². The summed E-state index contributed by atoms with van der Waals surface area (Å²) in [5.41, 5.74) is -0.279. The minimum Gasteiger partial charge on any atom is -0.489 e. The van der Waals surface area contributed by atoms with Crippen molar-refractivity contribution < 1.29 is 27.4 Å². The van der Waals surface area contributed by atoms with E-state index < -0.39 is 17.9 Å². The Morgan fingerprint density at radius 1 is 1.22 bits per heavy atom. The van der Waals surface area contributed by atoms with Crippen molar-refractivity contribution in [1.82, 2.24) is 4.90 Å². The molecule has 1 aliphatic rings. The highest BCUT2D eigenvalue weighted by molar-refractivity contribution is 5.31. The van der Waals surface area contributed by atoms with Crippen molar-refractivity contribution in [3.05, 3.63) is 29.3 Å². The van der Waals surface area contributed by atoms with E-state index in [0.717, 1.165) is 25.1 Å². The van der Waals surface area contributed by atoms with Crippen molar-refractivity contribution in [2.24, 2.45) is 0 Å². The van der Waals surface area contributed by atoms with Gasteiger partial charge in [0, 0.05) is 46.0 Å². The van der Waals surface area contributed by atoms with Crippen LogP contribution >= 0.6 is 0 Å². The Kier molecular flexibility index (Phi) is 6.68. The minimum absolute atomic E-state index is 0.132. The largest absolute Gasteiger partial charge is 0.489 e. The first-order valence-corrected chi connectivity index (χ1v) is 7.58. The van der Waals surface area contributed by atoms with Crippen LogP contribution in [0.4, 0.5) is 13.2 Å². The van der Waals surface area contributed by atoms with E-state index in [9.17, 15) is 13.2 Å². The summed E-state index contributed by atoms with van der Waals surface area (Å²) in [6, 6.07) is 2.27. The molecule has 7 heteroatoms. The Labute approximate surface area is 134 Å². The molecule has 1 aromatic rings. The van der Waals surface area contributed by atoms with Crippen molar-refractivity contribution in [3.63, 3.8) is 0 Å². The lowest BCUT2D eigenvalue weighted by Gasteiger charge is -2.19. The third kappa shape index (κ3) is 4.59. The van der Waals surface area contributed by atoms with Crippen LogP contribution in [0.25, 0.3) is 0 Å². The van der Waals surface area contributed by atoms with Crippen LogP contribution in [0.2, 0.25) is 0 Å². The number of rotatable bonds is 8. The Bertz CT molecular complexity index is 488. The molecular weight excluding hydrogens is 311 g/mol. The highest BCUT2D eigenvalue weighted by Gasteiger charge is 2.26. The van der Waals surface area contributed by atoms with Crippen molar-refractivity contribution in [2.45, 2.75) is 25.2 Å². The zero-order valence-electron chi connectivity index (χ0n) is 13.4. The van der Waals surface area contributed by atoms with E-state index >= 15 is 0 Å². The van der Waals surface area contributed by atoms with Gasteiger partial charge < -0.3 is 14.2 Å². The van der Waals surface area contributed by atoms with E-state index in [4.69, 9.17) is 14.2 Å². The number of likely N-dealkylation sites (tertiary alicyclic amines) is 1. The van der Waals surface area contributed by atoms with Crippen LogP contribution in [0.15, 0.2) is 12.1 Å². The van der Waals surface area contributed by atoms with E-state index in [1.165, 1.54) is 14.2 Å². The lowest BCUT2D eigenvalue weighted by molar-refractivity contribution is -0.109. The number of halogens is 3. The molecule has 0 unspecified atom stereocenters. The topological polar surface area (TPSA) is 30.9 Å². The average molecular weight is 333 g/mol. The predicted octanol–water partition coefficient (Wildman–Crippen LogP) is 3.07. The zero-order valence-corrected chi connectivity index (χ0v) is 13.4. The number of benzene rings is 1. The normalized spacial score (nSPS) is 18.8. The van der Waals surface area contributed by atoms with Crippen LogP contribution in [-0.4, -0.2) is 51.5 Å². The SMILES string of the molecule is COC(OC)c1c(F)cc(O[C@H]2CCN(CCCF)C2)cc1F. The molecule has 0 aliphatic carbocycles. The van der Waals surface area contributed by atoms with E-state index in [1.807, 2.05) is 0 Å². The third-order valence-corrected chi connectivity index (χ3v) is 3.86. The van der Waals surface area contributed by atoms with Crippen LogP contribution in [-0.2, 0) is 9.47 Å². The molecule has 0 radical (unpaired) electrons. The second-order valence-corrected chi connectivity index (χ2v) is 5.48. The molecule has 1 heterocycles. The summed E-state index contributed by atoms with van der Waals surface area (Å²) in [6.07, 6.45) is -0.0255. The van der Waals surface area contributed by atoms with Crippen LogP contribution in [0.3, 0.4) is 0 Å². The maximum Gasteiger partial charge on any atom is 0.188 e. The minimum atomic E-state index is -1.10. The lowest BCUT2D eigenvalue weighted by atomic mass is 10.1. The Morgan fingerprint density at radius 3 is 2.43 bits per heavy atom. The summed E-state index contributed by atoms with van der Waals surface area (Å²) in [5.74, 6) is -1.42. The second kappa shape index (κ2) is 8.52. The molecule has 1 saturated heterocycles. The summed E-state index contributed by atoms with van der Waals surface area (Å²) >= 11 is 0. The first-order valence-electron chi connectivity index (χ1n) is 7.58. The number of nitrogens with zero attached hydrogens (tertiary/aromatic N) is 1. The summed E-state index contributed by atoms with van der Waals surface area (Å²) in [4.78, 5) is 2.08. The number of alkyl halides is 1. The number of hydrogen-bond acceptors (Lipinski definition) is 4. The Hall–Kier alpha value is -1.31. The summed E-state index contributed by atoms with van der Waals surface area (Å²) < 4.78 is 55.9. The van der Waals surface area contributed by atoms with Gasteiger partial charge in [0.05, 0.1) is 12.2 Å². The first-order chi connectivity index (χ1) is 11.1. The van der Waals surface area contributed by atoms with Crippen LogP contribution in [0.5, 0.6) is 5.75 Å². The summed E-state index contributed by atoms with van der Waals surface area (Å²) in [7, 11) is 2.62. The third-order valence-electron chi connectivity index (χ3n) is 3.86. The van der Waals surface area contributed by atoms with Gasteiger partial charge in [-0.2, -0.15) is 0 Å². The maximum absolute atomic E-state index is 14.1. The lowest BCUT2D eigenvalue weighted by Crippen LogP contribution is -2.26. The van der Waals surface area contributed by atoms with Crippen molar-refractivity contribution in [3.8, 4) is 5.75 Å². The molecule has 1 aliphatic heterocycles. The molecule has 23 heavy (non-hydrogen) atoms. The monoisotopic (exact) mass is 333 g/mol. The van der Waals surface area contributed by atoms with Crippen molar-refractivity contribution >= 4 is 0 Å². The Balaban J connectivity index is 2.02. The van der Waals surface area contributed by atoms with Gasteiger partial charge in [-0.05, 0) is 12.8 Å². The molecule has 130 valence electrons. The van der Waals surface area contributed by atoms with Crippen LogP contribution in [0.1, 0.15) is 24.7 Å². The quantitative estimate of drug-likeness (QED) is 0.684. The number of hydrogen-bond donors (Lipinski definition) is 0. The number of methoxy groups -OCH3 is 2. The molecule has 0 N–H and O–H groups in total. The molecule has 2 rings (SSSR count). The van der Waals surface area contributed by atoms with Gasteiger partial charge in [-0.15, -0.1) is 0 Å². The Morgan fingerprint density at radius 2 is 1.87 bits per heavy atom. The molecule has 0 bridgehead atoms. The molecule has 4 nitrogen and oxygen atoms in total. The predicted molar refractivity (Wildman–Crippen MR) is 79.2 cm³/mol. The van der Waals surface area contributed by atoms with E-state index in [0.29, 0.717) is 19.5 Å². The number of ether oxygens (including phenoxy) is 3. The molecule has 0 amide bonds. The van der Waals surface area contributed by atoms with E-state index in [2.05, 4.69) is 4.90 Å². The van der Waals surface area contributed by atoms with Gasteiger partial charge in [-0.3, -0.25) is 9.29 Å². The molecular formula is C16H22F3NO3. The molecule has 1 atom stereocenters. The van der Waals surface area contributed by atoms with Gasteiger partial charge in [-0.1, -0.05) is 0 Å². The van der Waals surface area contributed by atoms with Crippen molar-refractivity contribution in [1.29, 1.82) is 0 Å². The van der Waals surface area contributed by atoms with Crippen LogP contribution < -0.4 is 4.74 Å². The van der Waals surface area contributed by atoms with Gasteiger partial charge in [0.1, 0.15) is 23.5 Å². The van der Waals surface area contributed by atoms with Gasteiger partial charge in [0.2, 0.25) is 0 Å². The fraction of sp³-hybridized carbons (Fsp3) is 0.625.